The van der Waals surface area contributed by atoms with Gasteiger partial charge in [-0.3, -0.25) is 4.79 Å². The normalized spacial score (nSPS) is 10.5. The maximum absolute atomic E-state index is 12.3. The van der Waals surface area contributed by atoms with Gasteiger partial charge >= 0.3 is 5.97 Å². The summed E-state index contributed by atoms with van der Waals surface area (Å²) in [7, 11) is 1.34. The molecule has 0 unspecified atom stereocenters. The number of nitrogens with one attached hydrogen (secondary N) is 1. The third-order valence-corrected chi connectivity index (χ3v) is 4.87. The van der Waals surface area contributed by atoms with Crippen LogP contribution in [0.1, 0.15) is 21.7 Å². The van der Waals surface area contributed by atoms with Crippen LogP contribution in [0.3, 0.4) is 0 Å². The van der Waals surface area contributed by atoms with Crippen LogP contribution >= 0.6 is 11.3 Å². The van der Waals surface area contributed by atoms with Gasteiger partial charge in [0.1, 0.15) is 4.88 Å². The van der Waals surface area contributed by atoms with Crippen molar-refractivity contribution in [1.29, 1.82) is 0 Å². The number of aryl methyl sites for hydroxylation is 1. The number of anilines is 1. The lowest BCUT2D eigenvalue weighted by atomic mass is 10.1. The summed E-state index contributed by atoms with van der Waals surface area (Å²) in [6.07, 6.45) is 1.01. The molecular weight excluding hydrogens is 322 g/mol. The van der Waals surface area contributed by atoms with Gasteiger partial charge in [-0.15, -0.1) is 11.3 Å². The van der Waals surface area contributed by atoms with Gasteiger partial charge in [-0.25, -0.2) is 4.79 Å². The van der Waals surface area contributed by atoms with Gasteiger partial charge in [-0.05, 0) is 18.1 Å². The average Bonchev–Trinajstić information content (AvgIpc) is 2.99. The highest BCUT2D eigenvalue weighted by atomic mass is 32.1. The number of ether oxygens (including phenoxy) is 1. The van der Waals surface area contributed by atoms with Gasteiger partial charge < -0.3 is 10.1 Å². The van der Waals surface area contributed by atoms with E-state index in [9.17, 15) is 9.59 Å². The minimum atomic E-state index is -0.436. The van der Waals surface area contributed by atoms with E-state index in [0.29, 0.717) is 23.4 Å². The highest BCUT2D eigenvalue weighted by Crippen LogP contribution is 2.36. The molecule has 0 saturated carbocycles. The predicted octanol–water partition coefficient (Wildman–Crippen LogP) is 4.26. The summed E-state index contributed by atoms with van der Waals surface area (Å²) in [6, 6.07) is 17.4. The van der Waals surface area contributed by atoms with Crippen LogP contribution in [0, 0.1) is 0 Å². The van der Waals surface area contributed by atoms with E-state index in [4.69, 9.17) is 4.74 Å². The fourth-order valence-corrected chi connectivity index (χ4v) is 3.59. The molecule has 1 aromatic heterocycles. The van der Waals surface area contributed by atoms with E-state index in [1.807, 2.05) is 54.6 Å². The lowest BCUT2D eigenvalue weighted by Gasteiger charge is -2.07. The Morgan fingerprint density at radius 1 is 1.04 bits per heavy atom. The van der Waals surface area contributed by atoms with Crippen LogP contribution in [-0.2, 0) is 16.0 Å². The molecule has 0 spiro atoms. The number of methoxy groups -OCH3 is 1. The molecule has 2 aromatic carbocycles. The highest BCUT2D eigenvalue weighted by molar-refractivity contribution is 7.21. The van der Waals surface area contributed by atoms with Crippen molar-refractivity contribution in [1.82, 2.24) is 0 Å². The average molecular weight is 339 g/mol. The molecule has 3 rings (SSSR count). The molecule has 122 valence electrons. The quantitative estimate of drug-likeness (QED) is 0.707. The SMILES string of the molecule is COC(=O)c1sc2ccccc2c1NC(=O)CCc1ccccc1. The molecule has 4 nitrogen and oxygen atoms in total. The molecule has 0 aliphatic carbocycles. The van der Waals surface area contributed by atoms with Crippen molar-refractivity contribution in [2.24, 2.45) is 0 Å². The smallest absolute Gasteiger partial charge is 0.350 e. The Balaban J connectivity index is 1.80. The Morgan fingerprint density at radius 3 is 2.50 bits per heavy atom. The third-order valence-electron chi connectivity index (χ3n) is 3.71. The molecule has 0 aliphatic rings. The van der Waals surface area contributed by atoms with Gasteiger partial charge in [0.2, 0.25) is 5.91 Å². The van der Waals surface area contributed by atoms with Crippen LogP contribution in [0.25, 0.3) is 10.1 Å². The fourth-order valence-electron chi connectivity index (χ4n) is 2.51. The fraction of sp³-hybridized carbons (Fsp3) is 0.158. The van der Waals surface area contributed by atoms with Crippen molar-refractivity contribution in [2.45, 2.75) is 12.8 Å². The second-order valence-corrected chi connectivity index (χ2v) is 6.38. The summed E-state index contributed by atoms with van der Waals surface area (Å²) in [5, 5.41) is 3.75. The molecule has 0 atom stereocenters. The van der Waals surface area contributed by atoms with Crippen molar-refractivity contribution in [3.05, 3.63) is 65.0 Å². The van der Waals surface area contributed by atoms with Gasteiger partial charge in [0.15, 0.2) is 0 Å². The lowest BCUT2D eigenvalue weighted by Crippen LogP contribution is -2.14. The van der Waals surface area contributed by atoms with E-state index >= 15 is 0 Å². The molecule has 1 heterocycles. The Hall–Kier alpha value is -2.66. The van der Waals surface area contributed by atoms with Crippen molar-refractivity contribution in [3.63, 3.8) is 0 Å². The molecule has 0 saturated heterocycles. The molecule has 1 amide bonds. The van der Waals surface area contributed by atoms with E-state index < -0.39 is 5.97 Å². The van der Waals surface area contributed by atoms with Crippen LogP contribution < -0.4 is 5.32 Å². The van der Waals surface area contributed by atoms with Crippen LogP contribution in [0.4, 0.5) is 5.69 Å². The first kappa shape index (κ1) is 16.2. The molecule has 24 heavy (non-hydrogen) atoms. The van der Waals surface area contributed by atoms with Crippen molar-refractivity contribution in [3.8, 4) is 0 Å². The minimum absolute atomic E-state index is 0.118. The third kappa shape index (κ3) is 3.46. The molecule has 3 aromatic rings. The van der Waals surface area contributed by atoms with Gasteiger partial charge in [0.05, 0.1) is 12.8 Å². The predicted molar refractivity (Wildman–Crippen MR) is 96.6 cm³/mol. The molecule has 0 bridgehead atoms. The first-order chi connectivity index (χ1) is 11.7. The number of esters is 1. The zero-order valence-corrected chi connectivity index (χ0v) is 14.1. The number of carbonyl (C=O) groups excluding carboxylic acids is 2. The van der Waals surface area contributed by atoms with Crippen LogP contribution in [0.5, 0.6) is 0 Å². The van der Waals surface area contributed by atoms with Crippen LogP contribution in [-0.4, -0.2) is 19.0 Å². The number of hydrogen-bond donors (Lipinski definition) is 1. The Labute approximate surface area is 144 Å². The summed E-state index contributed by atoms with van der Waals surface area (Å²) in [4.78, 5) is 24.8. The Morgan fingerprint density at radius 2 is 1.75 bits per heavy atom. The largest absolute Gasteiger partial charge is 0.465 e. The van der Waals surface area contributed by atoms with Crippen molar-refractivity contribution < 1.29 is 14.3 Å². The number of benzene rings is 2. The van der Waals surface area contributed by atoms with E-state index in [-0.39, 0.29) is 5.91 Å². The number of carbonyl (C=O) groups is 2. The van der Waals surface area contributed by atoms with Gasteiger partial charge in [0, 0.05) is 16.5 Å². The number of fused-ring (bicyclic) bond motifs is 1. The summed E-state index contributed by atoms with van der Waals surface area (Å²) >= 11 is 1.32. The zero-order valence-electron chi connectivity index (χ0n) is 13.2. The van der Waals surface area contributed by atoms with E-state index in [2.05, 4.69) is 5.32 Å². The summed E-state index contributed by atoms with van der Waals surface area (Å²) in [5.74, 6) is -0.554. The number of rotatable bonds is 5. The standard InChI is InChI=1S/C19H17NO3S/c1-23-19(22)18-17(14-9-5-6-10-15(14)24-18)20-16(21)12-11-13-7-3-2-4-8-13/h2-10H,11-12H2,1H3,(H,20,21). The topological polar surface area (TPSA) is 55.4 Å². The maximum Gasteiger partial charge on any atom is 0.350 e. The molecule has 5 heteroatoms. The first-order valence-electron chi connectivity index (χ1n) is 7.62. The maximum atomic E-state index is 12.3. The molecular formula is C19H17NO3S. The highest BCUT2D eigenvalue weighted by Gasteiger charge is 2.20. The number of amides is 1. The van der Waals surface area contributed by atoms with E-state index in [0.717, 1.165) is 15.6 Å². The van der Waals surface area contributed by atoms with Crippen molar-refractivity contribution in [2.75, 3.05) is 12.4 Å². The van der Waals surface area contributed by atoms with Gasteiger partial charge in [0.25, 0.3) is 0 Å². The van der Waals surface area contributed by atoms with Gasteiger partial charge in [-0.2, -0.15) is 0 Å². The lowest BCUT2D eigenvalue weighted by molar-refractivity contribution is -0.116. The Bertz CT molecular complexity index is 871. The molecule has 0 aliphatic heterocycles. The van der Waals surface area contributed by atoms with Crippen LogP contribution in [0.2, 0.25) is 0 Å². The Kier molecular flexibility index (Phi) is 4.91. The van der Waals surface area contributed by atoms with Gasteiger partial charge in [-0.1, -0.05) is 48.5 Å². The van der Waals surface area contributed by atoms with E-state index in [1.165, 1.54) is 18.4 Å². The number of hydrogen-bond acceptors (Lipinski definition) is 4. The van der Waals surface area contributed by atoms with Crippen molar-refractivity contribution >= 4 is 39.0 Å². The van der Waals surface area contributed by atoms with Crippen LogP contribution in [0.15, 0.2) is 54.6 Å². The molecule has 0 radical (unpaired) electrons. The summed E-state index contributed by atoms with van der Waals surface area (Å²) in [5.41, 5.74) is 1.65. The summed E-state index contributed by atoms with van der Waals surface area (Å²) < 4.78 is 5.78. The monoisotopic (exact) mass is 339 g/mol. The second-order valence-electron chi connectivity index (χ2n) is 5.33. The second kappa shape index (κ2) is 7.27. The zero-order chi connectivity index (χ0) is 16.9. The first-order valence-corrected chi connectivity index (χ1v) is 8.44. The molecule has 0 fully saturated rings. The summed E-state index contributed by atoms with van der Waals surface area (Å²) in [6.45, 7) is 0. The minimum Gasteiger partial charge on any atom is -0.465 e. The molecule has 1 N–H and O–H groups in total. The van der Waals surface area contributed by atoms with E-state index in [1.54, 1.807) is 0 Å². The number of thiophene rings is 1.